The third kappa shape index (κ3) is 2.72. The number of rotatable bonds is 4. The molecular weight excluding hydrogens is 298 g/mol. The Labute approximate surface area is 131 Å². The molecular formula is C17H15NO5. The van der Waals surface area contributed by atoms with E-state index in [4.69, 9.17) is 9.25 Å². The number of fused-ring (bicyclic) bond motifs is 1. The first-order valence-corrected chi connectivity index (χ1v) is 7.09. The fraction of sp³-hybridized carbons (Fsp3) is 0.118. The van der Waals surface area contributed by atoms with Crippen LogP contribution >= 0.6 is 0 Å². The summed E-state index contributed by atoms with van der Waals surface area (Å²) < 4.78 is 5.71. The molecule has 6 heteroatoms. The first-order chi connectivity index (χ1) is 11.1. The fourth-order valence-corrected chi connectivity index (χ4v) is 2.24. The minimum Gasteiger partial charge on any atom is -0.504 e. The summed E-state index contributed by atoms with van der Waals surface area (Å²) in [5.74, 6) is -0.741. The highest BCUT2D eigenvalue weighted by Gasteiger charge is 2.18. The molecule has 1 heterocycles. The summed E-state index contributed by atoms with van der Waals surface area (Å²) in [7, 11) is 0. The molecule has 3 aromatic rings. The van der Waals surface area contributed by atoms with Gasteiger partial charge in [-0.3, -0.25) is 4.79 Å². The van der Waals surface area contributed by atoms with Crippen LogP contribution in [0, 0.1) is 0 Å². The smallest absolute Gasteiger partial charge is 0.204 e. The second-order valence-corrected chi connectivity index (χ2v) is 4.89. The van der Waals surface area contributed by atoms with Crippen LogP contribution in [0.5, 0.6) is 17.2 Å². The molecule has 1 aromatic heterocycles. The summed E-state index contributed by atoms with van der Waals surface area (Å²) in [5.41, 5.74) is 2.97. The van der Waals surface area contributed by atoms with Crippen molar-refractivity contribution in [3.63, 3.8) is 0 Å². The lowest BCUT2D eigenvalue weighted by Gasteiger charge is -2.10. The third-order valence-electron chi connectivity index (χ3n) is 3.32. The van der Waals surface area contributed by atoms with Gasteiger partial charge in [0.25, 0.3) is 0 Å². The van der Waals surface area contributed by atoms with Crippen molar-refractivity contribution in [3.05, 3.63) is 52.7 Å². The van der Waals surface area contributed by atoms with Crippen LogP contribution in [0.15, 0.2) is 51.7 Å². The summed E-state index contributed by atoms with van der Waals surface area (Å²) in [6, 6.07) is 11.8. The molecule has 0 saturated heterocycles. The molecule has 2 aromatic carbocycles. The normalized spacial score (nSPS) is 10.8. The lowest BCUT2D eigenvalue weighted by Crippen LogP contribution is -2.17. The summed E-state index contributed by atoms with van der Waals surface area (Å²) in [5, 5.41) is 19.9. The number of phenolic OH excluding ortho intramolecular Hbond substituents is 2. The van der Waals surface area contributed by atoms with Crippen LogP contribution in [0.3, 0.4) is 0 Å². The molecule has 0 radical (unpaired) electrons. The molecule has 0 bridgehead atoms. The van der Waals surface area contributed by atoms with Gasteiger partial charge in [0.1, 0.15) is 16.7 Å². The number of hydrogen-bond donors (Lipinski definition) is 3. The molecule has 0 unspecified atom stereocenters. The zero-order valence-corrected chi connectivity index (χ0v) is 12.4. The summed E-state index contributed by atoms with van der Waals surface area (Å²) >= 11 is 0. The molecule has 3 N–H and O–H groups in total. The molecule has 0 aliphatic rings. The predicted octanol–water partition coefficient (Wildman–Crippen LogP) is 2.77. The first kappa shape index (κ1) is 14.9. The Bertz CT molecular complexity index is 902. The van der Waals surface area contributed by atoms with Gasteiger partial charge in [0.15, 0.2) is 16.9 Å². The SMILES string of the molecule is CCNOc1cc2oc(-c3ccccc3)cc(=O)c2c(O)c1O. The van der Waals surface area contributed by atoms with E-state index >= 15 is 0 Å². The molecule has 23 heavy (non-hydrogen) atoms. The van der Waals surface area contributed by atoms with Gasteiger partial charge in [0, 0.05) is 24.2 Å². The number of phenols is 2. The van der Waals surface area contributed by atoms with Crippen LogP contribution in [0.2, 0.25) is 0 Å². The van der Waals surface area contributed by atoms with Gasteiger partial charge in [0.2, 0.25) is 5.75 Å². The zero-order valence-electron chi connectivity index (χ0n) is 12.4. The van der Waals surface area contributed by atoms with E-state index in [0.717, 1.165) is 5.56 Å². The van der Waals surface area contributed by atoms with E-state index in [-0.39, 0.29) is 16.7 Å². The van der Waals surface area contributed by atoms with Gasteiger partial charge >= 0.3 is 0 Å². The molecule has 0 amide bonds. The third-order valence-corrected chi connectivity index (χ3v) is 3.32. The summed E-state index contributed by atoms with van der Waals surface area (Å²) in [4.78, 5) is 17.4. The van der Waals surface area contributed by atoms with Crippen molar-refractivity contribution >= 4 is 11.0 Å². The fourth-order valence-electron chi connectivity index (χ4n) is 2.24. The lowest BCUT2D eigenvalue weighted by atomic mass is 10.1. The van der Waals surface area contributed by atoms with Gasteiger partial charge in [-0.05, 0) is 6.92 Å². The van der Waals surface area contributed by atoms with E-state index in [9.17, 15) is 15.0 Å². The molecule has 118 valence electrons. The van der Waals surface area contributed by atoms with Gasteiger partial charge in [-0.2, -0.15) is 5.48 Å². The van der Waals surface area contributed by atoms with Crippen molar-refractivity contribution in [2.24, 2.45) is 0 Å². The highest BCUT2D eigenvalue weighted by atomic mass is 16.6. The van der Waals surface area contributed by atoms with E-state index < -0.39 is 16.9 Å². The van der Waals surface area contributed by atoms with Crippen molar-refractivity contribution in [1.82, 2.24) is 5.48 Å². The van der Waals surface area contributed by atoms with Gasteiger partial charge in [-0.25, -0.2) is 0 Å². The zero-order chi connectivity index (χ0) is 16.4. The maximum absolute atomic E-state index is 12.3. The Hall–Kier alpha value is -2.99. The Morgan fingerprint density at radius 3 is 2.57 bits per heavy atom. The van der Waals surface area contributed by atoms with Crippen LogP contribution in [0.25, 0.3) is 22.3 Å². The standard InChI is InChI=1S/C17H15NO5/c1-2-18-23-14-9-13-15(17(21)16(14)20)11(19)8-12(22-13)10-6-4-3-5-7-10/h3-9,18,20-21H,2H2,1H3. The highest BCUT2D eigenvalue weighted by Crippen LogP contribution is 2.41. The maximum Gasteiger partial charge on any atom is 0.204 e. The highest BCUT2D eigenvalue weighted by molar-refractivity contribution is 5.89. The van der Waals surface area contributed by atoms with Gasteiger partial charge in [0.05, 0.1) is 0 Å². The molecule has 0 spiro atoms. The van der Waals surface area contributed by atoms with Gasteiger partial charge in [-0.1, -0.05) is 30.3 Å². The second-order valence-electron chi connectivity index (χ2n) is 4.89. The van der Waals surface area contributed by atoms with E-state index in [0.29, 0.717) is 12.3 Å². The molecule has 0 saturated carbocycles. The molecule has 6 nitrogen and oxygen atoms in total. The number of aromatic hydroxyl groups is 2. The largest absolute Gasteiger partial charge is 0.504 e. The minimum atomic E-state index is -0.566. The van der Waals surface area contributed by atoms with Crippen LogP contribution in [0.1, 0.15) is 6.92 Å². The van der Waals surface area contributed by atoms with Crippen molar-refractivity contribution in [3.8, 4) is 28.6 Å². The summed E-state index contributed by atoms with van der Waals surface area (Å²) in [6.45, 7) is 2.30. The molecule has 0 aliphatic heterocycles. The van der Waals surface area contributed by atoms with E-state index in [1.807, 2.05) is 25.1 Å². The minimum absolute atomic E-state index is 0.0230. The van der Waals surface area contributed by atoms with Crippen LogP contribution in [-0.4, -0.2) is 16.8 Å². The first-order valence-electron chi connectivity index (χ1n) is 7.09. The Morgan fingerprint density at radius 2 is 1.87 bits per heavy atom. The number of benzene rings is 2. The Balaban J connectivity index is 2.23. The molecule has 0 aliphatic carbocycles. The predicted molar refractivity (Wildman–Crippen MR) is 85.6 cm³/mol. The van der Waals surface area contributed by atoms with Crippen molar-refractivity contribution in [2.45, 2.75) is 6.92 Å². The van der Waals surface area contributed by atoms with Gasteiger partial charge < -0.3 is 19.5 Å². The lowest BCUT2D eigenvalue weighted by molar-refractivity contribution is 0.192. The second kappa shape index (κ2) is 6.02. The molecule has 0 atom stereocenters. The molecule has 0 fully saturated rings. The van der Waals surface area contributed by atoms with E-state index in [1.165, 1.54) is 12.1 Å². The van der Waals surface area contributed by atoms with Crippen molar-refractivity contribution in [2.75, 3.05) is 6.54 Å². The number of hydrogen-bond acceptors (Lipinski definition) is 6. The quantitative estimate of drug-likeness (QED) is 0.507. The van der Waals surface area contributed by atoms with E-state index in [1.54, 1.807) is 12.1 Å². The van der Waals surface area contributed by atoms with Crippen LogP contribution < -0.4 is 15.7 Å². The Kier molecular flexibility index (Phi) is 3.91. The van der Waals surface area contributed by atoms with Crippen molar-refractivity contribution < 1.29 is 19.5 Å². The van der Waals surface area contributed by atoms with Gasteiger partial charge in [-0.15, -0.1) is 0 Å². The maximum atomic E-state index is 12.3. The monoisotopic (exact) mass is 313 g/mol. The number of nitrogens with one attached hydrogen (secondary N) is 1. The number of hydroxylamine groups is 1. The average molecular weight is 313 g/mol. The van der Waals surface area contributed by atoms with Crippen LogP contribution in [0.4, 0.5) is 0 Å². The van der Waals surface area contributed by atoms with Crippen LogP contribution in [-0.2, 0) is 0 Å². The van der Waals surface area contributed by atoms with Crippen molar-refractivity contribution in [1.29, 1.82) is 0 Å². The topological polar surface area (TPSA) is 91.9 Å². The Morgan fingerprint density at radius 1 is 1.13 bits per heavy atom. The van der Waals surface area contributed by atoms with E-state index in [2.05, 4.69) is 5.48 Å². The average Bonchev–Trinajstić information content (AvgIpc) is 2.57. The molecule has 3 rings (SSSR count). The summed E-state index contributed by atoms with van der Waals surface area (Å²) in [6.07, 6.45) is 0.